The largest absolute Gasteiger partial charge is 0.465 e. The molecule has 6 nitrogen and oxygen atoms in total. The Bertz CT molecular complexity index is 1010. The van der Waals surface area contributed by atoms with Crippen molar-refractivity contribution in [3.63, 3.8) is 0 Å². The summed E-state index contributed by atoms with van der Waals surface area (Å²) in [6.45, 7) is -0.378. The van der Waals surface area contributed by atoms with Gasteiger partial charge in [-0.05, 0) is 36.4 Å². The van der Waals surface area contributed by atoms with Crippen LogP contribution in [0.4, 0.5) is 13.2 Å². The SMILES string of the molecule is COC(=O)c1cccc(C(=O)OCc2nc3cc(C(F)(F)F)ccc3o2)c1. The minimum Gasteiger partial charge on any atom is -0.465 e. The summed E-state index contributed by atoms with van der Waals surface area (Å²) in [5.74, 6) is -1.41. The highest BCUT2D eigenvalue weighted by Gasteiger charge is 2.31. The number of benzene rings is 2. The van der Waals surface area contributed by atoms with E-state index in [0.29, 0.717) is 0 Å². The molecule has 3 aromatic rings. The van der Waals surface area contributed by atoms with Gasteiger partial charge in [-0.25, -0.2) is 14.6 Å². The Morgan fingerprint density at radius 1 is 1.07 bits per heavy atom. The van der Waals surface area contributed by atoms with Crippen LogP contribution in [-0.4, -0.2) is 24.0 Å². The number of methoxy groups -OCH3 is 1. The fourth-order valence-electron chi connectivity index (χ4n) is 2.31. The zero-order valence-corrected chi connectivity index (χ0v) is 13.9. The summed E-state index contributed by atoms with van der Waals surface area (Å²) in [5.41, 5.74) is -0.432. The second-order valence-corrected chi connectivity index (χ2v) is 5.44. The van der Waals surface area contributed by atoms with E-state index in [0.717, 1.165) is 18.2 Å². The fraction of sp³-hybridized carbons (Fsp3) is 0.167. The number of aromatic nitrogens is 1. The summed E-state index contributed by atoms with van der Waals surface area (Å²) in [6, 6.07) is 8.58. The molecule has 0 aliphatic rings. The number of ether oxygens (including phenoxy) is 2. The maximum absolute atomic E-state index is 12.7. The maximum atomic E-state index is 12.7. The molecule has 1 heterocycles. The number of fused-ring (bicyclic) bond motifs is 1. The number of hydrogen-bond acceptors (Lipinski definition) is 6. The summed E-state index contributed by atoms with van der Waals surface area (Å²) in [5, 5.41) is 0. The van der Waals surface area contributed by atoms with Crippen LogP contribution in [0.3, 0.4) is 0 Å². The Morgan fingerprint density at radius 3 is 2.44 bits per heavy atom. The van der Waals surface area contributed by atoms with Crippen molar-refractivity contribution in [1.29, 1.82) is 0 Å². The van der Waals surface area contributed by atoms with Gasteiger partial charge in [-0.3, -0.25) is 0 Å². The predicted molar refractivity (Wildman–Crippen MR) is 85.9 cm³/mol. The average molecular weight is 379 g/mol. The Kier molecular flexibility index (Phi) is 4.85. The molecule has 3 rings (SSSR count). The van der Waals surface area contributed by atoms with Crippen LogP contribution in [0.5, 0.6) is 0 Å². The van der Waals surface area contributed by atoms with Crippen LogP contribution in [0, 0.1) is 0 Å². The molecule has 140 valence electrons. The quantitative estimate of drug-likeness (QED) is 0.638. The van der Waals surface area contributed by atoms with Gasteiger partial charge in [0, 0.05) is 0 Å². The van der Waals surface area contributed by atoms with Crippen molar-refractivity contribution >= 4 is 23.0 Å². The monoisotopic (exact) mass is 379 g/mol. The number of halogens is 3. The van der Waals surface area contributed by atoms with Crippen molar-refractivity contribution in [2.75, 3.05) is 7.11 Å². The number of oxazole rings is 1. The molecule has 0 aliphatic heterocycles. The molecule has 0 bridgehead atoms. The summed E-state index contributed by atoms with van der Waals surface area (Å²) in [4.78, 5) is 27.5. The highest BCUT2D eigenvalue weighted by Crippen LogP contribution is 2.31. The standard InChI is InChI=1S/C18H12F3NO5/c1-25-16(23)10-3-2-4-11(7-10)17(24)26-9-15-22-13-8-12(18(19,20)21)5-6-14(13)27-15/h2-8H,9H2,1H3. The van der Waals surface area contributed by atoms with Crippen molar-refractivity contribution < 1.29 is 36.7 Å². The van der Waals surface area contributed by atoms with E-state index < -0.39 is 23.7 Å². The Hall–Kier alpha value is -3.36. The topological polar surface area (TPSA) is 78.6 Å². The maximum Gasteiger partial charge on any atom is 0.416 e. The van der Waals surface area contributed by atoms with Crippen molar-refractivity contribution in [2.24, 2.45) is 0 Å². The number of carbonyl (C=O) groups excluding carboxylic acids is 2. The Labute approximate surface area is 150 Å². The molecule has 0 saturated carbocycles. The van der Waals surface area contributed by atoms with Gasteiger partial charge in [0.15, 0.2) is 12.2 Å². The first-order valence-electron chi connectivity index (χ1n) is 7.60. The van der Waals surface area contributed by atoms with Crippen LogP contribution in [0.2, 0.25) is 0 Å². The van der Waals surface area contributed by atoms with E-state index in [9.17, 15) is 22.8 Å². The number of carbonyl (C=O) groups is 2. The minimum atomic E-state index is -4.50. The van der Waals surface area contributed by atoms with Crippen molar-refractivity contribution in [2.45, 2.75) is 12.8 Å². The number of nitrogens with zero attached hydrogens (tertiary/aromatic N) is 1. The molecular weight excluding hydrogens is 367 g/mol. The van der Waals surface area contributed by atoms with Crippen LogP contribution in [0.25, 0.3) is 11.1 Å². The van der Waals surface area contributed by atoms with Crippen molar-refractivity contribution in [3.05, 3.63) is 65.0 Å². The number of rotatable bonds is 4. The van der Waals surface area contributed by atoms with Gasteiger partial charge < -0.3 is 13.9 Å². The van der Waals surface area contributed by atoms with Crippen LogP contribution < -0.4 is 0 Å². The van der Waals surface area contributed by atoms with E-state index >= 15 is 0 Å². The van der Waals surface area contributed by atoms with Crippen molar-refractivity contribution in [3.8, 4) is 0 Å². The first-order chi connectivity index (χ1) is 12.8. The van der Waals surface area contributed by atoms with E-state index in [-0.39, 0.29) is 34.7 Å². The molecule has 9 heteroatoms. The van der Waals surface area contributed by atoms with E-state index in [1.165, 1.54) is 31.4 Å². The van der Waals surface area contributed by atoms with Crippen LogP contribution in [0.15, 0.2) is 46.9 Å². The van der Waals surface area contributed by atoms with Gasteiger partial charge in [0.05, 0.1) is 23.8 Å². The first kappa shape index (κ1) is 18.4. The summed E-state index contributed by atoms with van der Waals surface area (Å²) >= 11 is 0. The minimum absolute atomic E-state index is 0.00330. The van der Waals surface area contributed by atoms with Gasteiger partial charge in [-0.15, -0.1) is 0 Å². The summed E-state index contributed by atoms with van der Waals surface area (Å²) in [7, 11) is 1.21. The third kappa shape index (κ3) is 4.08. The first-order valence-corrected chi connectivity index (χ1v) is 7.60. The zero-order valence-electron chi connectivity index (χ0n) is 13.9. The number of alkyl halides is 3. The van der Waals surface area contributed by atoms with Gasteiger partial charge in [0.25, 0.3) is 0 Å². The van der Waals surface area contributed by atoms with E-state index in [1.807, 2.05) is 0 Å². The molecule has 0 radical (unpaired) electrons. The lowest BCUT2D eigenvalue weighted by molar-refractivity contribution is -0.137. The lowest BCUT2D eigenvalue weighted by Crippen LogP contribution is -2.08. The van der Waals surface area contributed by atoms with Gasteiger partial charge in [0.2, 0.25) is 5.89 Å². The lowest BCUT2D eigenvalue weighted by Gasteiger charge is -2.04. The predicted octanol–water partition coefficient (Wildman–Crippen LogP) is 3.99. The van der Waals surface area contributed by atoms with Crippen LogP contribution in [-0.2, 0) is 22.3 Å². The molecule has 1 aromatic heterocycles. The van der Waals surface area contributed by atoms with E-state index in [2.05, 4.69) is 9.72 Å². The molecule has 27 heavy (non-hydrogen) atoms. The summed E-state index contributed by atoms with van der Waals surface area (Å²) in [6.07, 6.45) is -4.50. The van der Waals surface area contributed by atoms with Crippen LogP contribution >= 0.6 is 0 Å². The Balaban J connectivity index is 1.73. The van der Waals surface area contributed by atoms with Gasteiger partial charge >= 0.3 is 18.1 Å². The normalized spacial score (nSPS) is 11.4. The van der Waals surface area contributed by atoms with E-state index in [1.54, 1.807) is 0 Å². The highest BCUT2D eigenvalue weighted by atomic mass is 19.4. The molecule has 0 N–H and O–H groups in total. The van der Waals surface area contributed by atoms with Gasteiger partial charge in [-0.1, -0.05) is 6.07 Å². The highest BCUT2D eigenvalue weighted by molar-refractivity contribution is 5.95. The average Bonchev–Trinajstić information content (AvgIpc) is 3.07. The number of hydrogen-bond donors (Lipinski definition) is 0. The second-order valence-electron chi connectivity index (χ2n) is 5.44. The smallest absolute Gasteiger partial charge is 0.416 e. The molecule has 0 saturated heterocycles. The molecule has 0 unspecified atom stereocenters. The van der Waals surface area contributed by atoms with Gasteiger partial charge in [-0.2, -0.15) is 13.2 Å². The van der Waals surface area contributed by atoms with Crippen molar-refractivity contribution in [1.82, 2.24) is 4.98 Å². The molecule has 0 fully saturated rings. The second kappa shape index (κ2) is 7.10. The van der Waals surface area contributed by atoms with Gasteiger partial charge in [0.1, 0.15) is 5.52 Å². The van der Waals surface area contributed by atoms with E-state index in [4.69, 9.17) is 9.15 Å². The molecule has 0 spiro atoms. The lowest BCUT2D eigenvalue weighted by atomic mass is 10.1. The fourth-order valence-corrected chi connectivity index (χ4v) is 2.31. The third-order valence-electron chi connectivity index (χ3n) is 3.61. The zero-order chi connectivity index (χ0) is 19.6. The third-order valence-corrected chi connectivity index (χ3v) is 3.61. The molecule has 0 aliphatic carbocycles. The molecule has 0 amide bonds. The summed E-state index contributed by atoms with van der Waals surface area (Å²) < 4.78 is 53.0. The Morgan fingerprint density at radius 2 is 1.78 bits per heavy atom. The molecule has 2 aromatic carbocycles. The molecule has 0 atom stereocenters. The number of esters is 2. The molecular formula is C18H12F3NO5. The van der Waals surface area contributed by atoms with Crippen LogP contribution in [0.1, 0.15) is 32.2 Å².